The molecule has 0 aliphatic rings. The highest BCUT2D eigenvalue weighted by Crippen LogP contribution is 2.23. The van der Waals surface area contributed by atoms with Gasteiger partial charge >= 0.3 is 0 Å². The van der Waals surface area contributed by atoms with Crippen molar-refractivity contribution >= 4 is 50.3 Å². The molecule has 0 radical (unpaired) electrons. The zero-order valence-electron chi connectivity index (χ0n) is 7.39. The van der Waals surface area contributed by atoms with Gasteiger partial charge in [0.05, 0.1) is 0 Å². The summed E-state index contributed by atoms with van der Waals surface area (Å²) < 4.78 is 2.00. The minimum absolute atomic E-state index is 0.713. The van der Waals surface area contributed by atoms with Crippen molar-refractivity contribution in [3.05, 3.63) is 38.8 Å². The molecule has 0 fully saturated rings. The van der Waals surface area contributed by atoms with E-state index in [4.69, 9.17) is 0 Å². The first kappa shape index (κ1) is 11.3. The van der Waals surface area contributed by atoms with Gasteiger partial charge in [0, 0.05) is 26.6 Å². The SMILES string of the molecule is Brc1ccc(Sc2ncc(I)cn2)nc1. The molecule has 0 unspecified atom stereocenters. The molecule has 0 amide bonds. The van der Waals surface area contributed by atoms with Gasteiger partial charge in [0.15, 0.2) is 5.16 Å². The second-order valence-corrected chi connectivity index (χ2v) is 5.75. The highest BCUT2D eigenvalue weighted by atomic mass is 127. The topological polar surface area (TPSA) is 38.7 Å². The normalized spacial score (nSPS) is 10.3. The summed E-state index contributed by atoms with van der Waals surface area (Å²) >= 11 is 6.96. The van der Waals surface area contributed by atoms with E-state index in [0.29, 0.717) is 5.16 Å². The monoisotopic (exact) mass is 393 g/mol. The maximum atomic E-state index is 4.23. The summed E-state index contributed by atoms with van der Waals surface area (Å²) in [4.78, 5) is 12.6. The minimum Gasteiger partial charge on any atom is -0.248 e. The Balaban J connectivity index is 2.15. The largest absolute Gasteiger partial charge is 0.248 e. The molecule has 76 valence electrons. The second kappa shape index (κ2) is 5.22. The van der Waals surface area contributed by atoms with Gasteiger partial charge in [-0.15, -0.1) is 0 Å². The first-order valence-corrected chi connectivity index (χ1v) is 6.70. The summed E-state index contributed by atoms with van der Waals surface area (Å²) in [6.07, 6.45) is 5.33. The summed E-state index contributed by atoms with van der Waals surface area (Å²) in [5, 5.41) is 1.60. The number of hydrogen-bond acceptors (Lipinski definition) is 4. The smallest absolute Gasteiger partial charge is 0.193 e. The van der Waals surface area contributed by atoms with Gasteiger partial charge in [-0.05, 0) is 62.4 Å². The molecule has 15 heavy (non-hydrogen) atoms. The Hall–Kier alpha value is -0.210. The van der Waals surface area contributed by atoms with Crippen molar-refractivity contribution in [1.29, 1.82) is 0 Å². The van der Waals surface area contributed by atoms with Crippen LogP contribution in [-0.4, -0.2) is 15.0 Å². The van der Waals surface area contributed by atoms with Crippen LogP contribution < -0.4 is 0 Å². The number of hydrogen-bond donors (Lipinski definition) is 0. The van der Waals surface area contributed by atoms with E-state index in [1.54, 1.807) is 18.6 Å². The van der Waals surface area contributed by atoms with Gasteiger partial charge in [0.25, 0.3) is 0 Å². The molecule has 0 saturated heterocycles. The lowest BCUT2D eigenvalue weighted by atomic mass is 10.5. The van der Waals surface area contributed by atoms with Crippen LogP contribution in [0.25, 0.3) is 0 Å². The highest BCUT2D eigenvalue weighted by Gasteiger charge is 2.01. The lowest BCUT2D eigenvalue weighted by molar-refractivity contribution is 0.951. The summed E-state index contributed by atoms with van der Waals surface area (Å²) in [6.45, 7) is 0. The van der Waals surface area contributed by atoms with Gasteiger partial charge < -0.3 is 0 Å². The second-order valence-electron chi connectivity index (χ2n) is 2.60. The van der Waals surface area contributed by atoms with Gasteiger partial charge in [-0.2, -0.15) is 0 Å². The summed E-state index contributed by atoms with van der Waals surface area (Å²) in [6, 6.07) is 3.87. The highest BCUT2D eigenvalue weighted by molar-refractivity contribution is 14.1. The van der Waals surface area contributed by atoms with Crippen molar-refractivity contribution in [2.24, 2.45) is 0 Å². The molecule has 0 aromatic carbocycles. The number of rotatable bonds is 2. The molecule has 6 heteroatoms. The Bertz CT molecular complexity index is 402. The van der Waals surface area contributed by atoms with E-state index >= 15 is 0 Å². The minimum atomic E-state index is 0.713. The van der Waals surface area contributed by atoms with Crippen molar-refractivity contribution in [2.45, 2.75) is 10.2 Å². The van der Waals surface area contributed by atoms with Crippen LogP contribution in [0.3, 0.4) is 0 Å². The van der Waals surface area contributed by atoms with Crippen molar-refractivity contribution in [3.63, 3.8) is 0 Å². The average molecular weight is 394 g/mol. The molecular formula is C9H5BrIN3S. The fraction of sp³-hybridized carbons (Fsp3) is 0. The van der Waals surface area contributed by atoms with Crippen LogP contribution in [0.15, 0.2) is 45.4 Å². The van der Waals surface area contributed by atoms with E-state index in [1.807, 2.05) is 12.1 Å². The van der Waals surface area contributed by atoms with Gasteiger partial charge in [-0.25, -0.2) is 15.0 Å². The van der Waals surface area contributed by atoms with E-state index in [9.17, 15) is 0 Å². The van der Waals surface area contributed by atoms with Crippen LogP contribution in [0.1, 0.15) is 0 Å². The predicted octanol–water partition coefficient (Wildman–Crippen LogP) is 3.39. The van der Waals surface area contributed by atoms with Gasteiger partial charge in [-0.1, -0.05) is 0 Å². The molecule has 2 aromatic rings. The number of aromatic nitrogens is 3. The van der Waals surface area contributed by atoms with Crippen LogP contribution in [-0.2, 0) is 0 Å². The van der Waals surface area contributed by atoms with Gasteiger partial charge in [0.1, 0.15) is 5.03 Å². The maximum absolute atomic E-state index is 4.23. The van der Waals surface area contributed by atoms with E-state index in [0.717, 1.165) is 13.1 Å². The molecule has 2 rings (SSSR count). The molecule has 0 atom stereocenters. The summed E-state index contributed by atoms with van der Waals surface area (Å²) in [7, 11) is 0. The van der Waals surface area contributed by atoms with Crippen molar-refractivity contribution in [3.8, 4) is 0 Å². The Morgan fingerprint density at radius 2 is 1.80 bits per heavy atom. The molecule has 3 nitrogen and oxygen atoms in total. The molecule has 0 aliphatic carbocycles. The van der Waals surface area contributed by atoms with Crippen LogP contribution in [0.2, 0.25) is 0 Å². The lowest BCUT2D eigenvalue weighted by Gasteiger charge is -1.98. The third-order valence-electron chi connectivity index (χ3n) is 1.49. The third-order valence-corrected chi connectivity index (χ3v) is 3.36. The molecule has 0 saturated carbocycles. The standard InChI is InChI=1S/C9H5BrIN3S/c10-6-1-2-8(12-3-6)15-9-13-4-7(11)5-14-9/h1-5H. The zero-order valence-corrected chi connectivity index (χ0v) is 12.0. The van der Waals surface area contributed by atoms with Crippen molar-refractivity contribution in [1.82, 2.24) is 15.0 Å². The first-order valence-electron chi connectivity index (χ1n) is 4.01. The van der Waals surface area contributed by atoms with Crippen molar-refractivity contribution in [2.75, 3.05) is 0 Å². The van der Waals surface area contributed by atoms with Crippen LogP contribution >= 0.6 is 50.3 Å². The molecule has 0 aliphatic heterocycles. The fourth-order valence-corrected chi connectivity index (χ4v) is 2.02. The van der Waals surface area contributed by atoms with E-state index in [-0.39, 0.29) is 0 Å². The van der Waals surface area contributed by atoms with Gasteiger partial charge in [-0.3, -0.25) is 0 Å². The maximum Gasteiger partial charge on any atom is 0.193 e. The van der Waals surface area contributed by atoms with Crippen LogP contribution in [0.4, 0.5) is 0 Å². The van der Waals surface area contributed by atoms with E-state index in [1.165, 1.54) is 11.8 Å². The Kier molecular flexibility index (Phi) is 3.92. The molecule has 2 aromatic heterocycles. The van der Waals surface area contributed by atoms with E-state index in [2.05, 4.69) is 53.5 Å². The van der Waals surface area contributed by atoms with Gasteiger partial charge in [0.2, 0.25) is 0 Å². The molecule has 0 spiro atoms. The summed E-state index contributed by atoms with van der Waals surface area (Å²) in [5.41, 5.74) is 0. The molecular weight excluding hydrogens is 389 g/mol. The Morgan fingerprint density at radius 3 is 2.40 bits per heavy atom. The number of halogens is 2. The Labute approximate surface area is 113 Å². The first-order chi connectivity index (χ1) is 7.24. The number of nitrogens with zero attached hydrogens (tertiary/aromatic N) is 3. The average Bonchev–Trinajstić information content (AvgIpc) is 2.25. The predicted molar refractivity (Wildman–Crippen MR) is 70.8 cm³/mol. The quantitative estimate of drug-likeness (QED) is 0.579. The summed E-state index contributed by atoms with van der Waals surface area (Å²) in [5.74, 6) is 0. The van der Waals surface area contributed by atoms with Crippen molar-refractivity contribution < 1.29 is 0 Å². The number of pyridine rings is 1. The zero-order chi connectivity index (χ0) is 10.7. The lowest BCUT2D eigenvalue weighted by Crippen LogP contribution is -1.87. The van der Waals surface area contributed by atoms with Crippen LogP contribution in [0, 0.1) is 3.57 Å². The molecule has 0 N–H and O–H groups in total. The van der Waals surface area contributed by atoms with Crippen LogP contribution in [0.5, 0.6) is 0 Å². The molecule has 2 heterocycles. The fourth-order valence-electron chi connectivity index (χ4n) is 0.869. The molecule has 0 bridgehead atoms. The third kappa shape index (κ3) is 3.39. The van der Waals surface area contributed by atoms with E-state index < -0.39 is 0 Å². The Morgan fingerprint density at radius 1 is 1.07 bits per heavy atom.